The largest absolute Gasteiger partial charge is 0.370 e. The first-order valence-electron chi connectivity index (χ1n) is 7.47. The van der Waals surface area contributed by atoms with Gasteiger partial charge < -0.3 is 10.6 Å². The summed E-state index contributed by atoms with van der Waals surface area (Å²) in [5.74, 6) is 1.89. The molecule has 0 atom stereocenters. The Kier molecular flexibility index (Phi) is 5.92. The van der Waals surface area contributed by atoms with Gasteiger partial charge in [0, 0.05) is 36.1 Å². The Morgan fingerprint density at radius 3 is 2.48 bits per heavy atom. The number of anilines is 2. The number of aromatic nitrogens is 3. The van der Waals surface area contributed by atoms with Gasteiger partial charge in [-0.05, 0) is 20.3 Å². The van der Waals surface area contributed by atoms with Gasteiger partial charge in [-0.15, -0.1) is 11.3 Å². The van der Waals surface area contributed by atoms with Crippen LogP contribution in [0.3, 0.4) is 0 Å². The molecular formula is C15H23N5S. The van der Waals surface area contributed by atoms with Gasteiger partial charge in [-0.25, -0.2) is 15.0 Å². The zero-order chi connectivity index (χ0) is 15.1. The molecule has 6 heteroatoms. The molecule has 0 radical (unpaired) electrons. The van der Waals surface area contributed by atoms with Crippen molar-refractivity contribution in [2.75, 3.05) is 23.7 Å². The molecule has 0 bridgehead atoms. The summed E-state index contributed by atoms with van der Waals surface area (Å²) in [5.41, 5.74) is 2.27. The highest BCUT2D eigenvalue weighted by Gasteiger charge is 2.10. The fraction of sp³-hybridized carbons (Fsp3) is 0.533. The SMILES string of the molecule is CCCc1c(NCC)ncnc1NCCc1nc(C)cs1. The lowest BCUT2D eigenvalue weighted by atomic mass is 10.1. The van der Waals surface area contributed by atoms with Crippen LogP contribution in [0.1, 0.15) is 36.5 Å². The first-order valence-corrected chi connectivity index (χ1v) is 8.35. The molecule has 2 N–H and O–H groups in total. The molecule has 0 aliphatic heterocycles. The summed E-state index contributed by atoms with van der Waals surface area (Å²) in [6.07, 6.45) is 4.59. The molecule has 5 nitrogen and oxygen atoms in total. The van der Waals surface area contributed by atoms with E-state index < -0.39 is 0 Å². The van der Waals surface area contributed by atoms with Crippen molar-refractivity contribution >= 4 is 23.0 Å². The molecule has 0 amide bonds. The molecule has 2 heterocycles. The fourth-order valence-corrected chi connectivity index (χ4v) is 2.95. The Labute approximate surface area is 130 Å². The van der Waals surface area contributed by atoms with Crippen LogP contribution in [0, 0.1) is 6.92 Å². The highest BCUT2D eigenvalue weighted by atomic mass is 32.1. The Morgan fingerprint density at radius 2 is 1.86 bits per heavy atom. The van der Waals surface area contributed by atoms with Gasteiger partial charge in [0.15, 0.2) is 0 Å². The molecule has 0 saturated heterocycles. The summed E-state index contributed by atoms with van der Waals surface area (Å²) in [4.78, 5) is 13.2. The first kappa shape index (κ1) is 15.7. The van der Waals surface area contributed by atoms with E-state index in [1.807, 2.05) is 6.92 Å². The molecule has 0 fully saturated rings. The van der Waals surface area contributed by atoms with Crippen molar-refractivity contribution in [1.82, 2.24) is 15.0 Å². The molecule has 0 aliphatic rings. The van der Waals surface area contributed by atoms with Crippen molar-refractivity contribution in [3.63, 3.8) is 0 Å². The average Bonchev–Trinajstić information content (AvgIpc) is 2.88. The minimum atomic E-state index is 0.840. The maximum absolute atomic E-state index is 4.48. The number of rotatable bonds is 8. The number of thiazole rings is 1. The van der Waals surface area contributed by atoms with E-state index in [1.165, 1.54) is 5.56 Å². The monoisotopic (exact) mass is 305 g/mol. The molecule has 0 saturated carbocycles. The van der Waals surface area contributed by atoms with Crippen molar-refractivity contribution in [2.24, 2.45) is 0 Å². The summed E-state index contributed by atoms with van der Waals surface area (Å²) >= 11 is 1.71. The molecular weight excluding hydrogens is 282 g/mol. The summed E-state index contributed by atoms with van der Waals surface area (Å²) in [6.45, 7) is 7.98. The molecule has 0 spiro atoms. The van der Waals surface area contributed by atoms with E-state index in [9.17, 15) is 0 Å². The van der Waals surface area contributed by atoms with E-state index >= 15 is 0 Å². The number of hydrogen-bond donors (Lipinski definition) is 2. The van der Waals surface area contributed by atoms with Crippen LogP contribution in [-0.2, 0) is 12.8 Å². The van der Waals surface area contributed by atoms with Crippen molar-refractivity contribution < 1.29 is 0 Å². The first-order chi connectivity index (χ1) is 10.2. The smallest absolute Gasteiger partial charge is 0.134 e. The molecule has 0 aliphatic carbocycles. The molecule has 2 aromatic heterocycles. The van der Waals surface area contributed by atoms with Gasteiger partial charge in [-0.1, -0.05) is 13.3 Å². The fourth-order valence-electron chi connectivity index (χ4n) is 2.18. The van der Waals surface area contributed by atoms with Gasteiger partial charge in [0.05, 0.1) is 5.01 Å². The number of aryl methyl sites for hydroxylation is 1. The normalized spacial score (nSPS) is 10.6. The lowest BCUT2D eigenvalue weighted by molar-refractivity contribution is 0.890. The van der Waals surface area contributed by atoms with E-state index in [0.29, 0.717) is 0 Å². The topological polar surface area (TPSA) is 62.7 Å². The summed E-state index contributed by atoms with van der Waals surface area (Å²) in [6, 6.07) is 0. The van der Waals surface area contributed by atoms with Crippen LogP contribution in [0.5, 0.6) is 0 Å². The molecule has 0 aromatic carbocycles. The van der Waals surface area contributed by atoms with Gasteiger partial charge in [0.25, 0.3) is 0 Å². The van der Waals surface area contributed by atoms with Crippen molar-refractivity contribution in [1.29, 1.82) is 0 Å². The molecule has 0 unspecified atom stereocenters. The lowest BCUT2D eigenvalue weighted by Gasteiger charge is -2.14. The predicted molar refractivity (Wildman–Crippen MR) is 89.2 cm³/mol. The quantitative estimate of drug-likeness (QED) is 0.783. The predicted octanol–water partition coefficient (Wildman–Crippen LogP) is 3.28. The third-order valence-electron chi connectivity index (χ3n) is 3.09. The molecule has 2 rings (SSSR count). The highest BCUT2D eigenvalue weighted by molar-refractivity contribution is 7.09. The summed E-state index contributed by atoms with van der Waals surface area (Å²) in [7, 11) is 0. The highest BCUT2D eigenvalue weighted by Crippen LogP contribution is 2.21. The van der Waals surface area contributed by atoms with Crippen LogP contribution < -0.4 is 10.6 Å². The molecule has 114 valence electrons. The van der Waals surface area contributed by atoms with Crippen molar-refractivity contribution in [2.45, 2.75) is 40.0 Å². The molecule has 21 heavy (non-hydrogen) atoms. The van der Waals surface area contributed by atoms with E-state index in [-0.39, 0.29) is 0 Å². The van der Waals surface area contributed by atoms with Gasteiger partial charge in [-0.3, -0.25) is 0 Å². The Hall–Kier alpha value is -1.69. The second-order valence-electron chi connectivity index (χ2n) is 4.89. The van der Waals surface area contributed by atoms with Crippen LogP contribution in [-0.4, -0.2) is 28.0 Å². The minimum absolute atomic E-state index is 0.840. The lowest BCUT2D eigenvalue weighted by Crippen LogP contribution is -2.12. The Balaban J connectivity index is 2.02. The maximum atomic E-state index is 4.48. The Bertz CT molecular complexity index is 567. The van der Waals surface area contributed by atoms with E-state index in [2.05, 4.69) is 44.8 Å². The third kappa shape index (κ3) is 4.39. The average molecular weight is 305 g/mol. The standard InChI is InChI=1S/C15H23N5S/c1-4-6-12-14(16-5-2)18-10-19-15(12)17-8-7-13-20-11(3)9-21-13/h9-10H,4-8H2,1-3H3,(H2,16,17,18,19). The van der Waals surface area contributed by atoms with E-state index in [1.54, 1.807) is 17.7 Å². The summed E-state index contributed by atoms with van der Waals surface area (Å²) < 4.78 is 0. The van der Waals surface area contributed by atoms with E-state index in [4.69, 9.17) is 0 Å². The summed E-state index contributed by atoms with van der Waals surface area (Å²) in [5, 5.41) is 10.00. The van der Waals surface area contributed by atoms with Gasteiger partial charge in [0.1, 0.15) is 18.0 Å². The van der Waals surface area contributed by atoms with Crippen LogP contribution in [0.4, 0.5) is 11.6 Å². The zero-order valence-electron chi connectivity index (χ0n) is 12.9. The second-order valence-corrected chi connectivity index (χ2v) is 5.83. The number of nitrogens with zero attached hydrogens (tertiary/aromatic N) is 3. The van der Waals surface area contributed by atoms with Crippen LogP contribution in [0.25, 0.3) is 0 Å². The van der Waals surface area contributed by atoms with Crippen LogP contribution in [0.15, 0.2) is 11.7 Å². The third-order valence-corrected chi connectivity index (χ3v) is 4.11. The van der Waals surface area contributed by atoms with Crippen LogP contribution in [0.2, 0.25) is 0 Å². The van der Waals surface area contributed by atoms with Crippen molar-refractivity contribution in [3.05, 3.63) is 28.0 Å². The van der Waals surface area contributed by atoms with Gasteiger partial charge >= 0.3 is 0 Å². The zero-order valence-corrected chi connectivity index (χ0v) is 13.8. The van der Waals surface area contributed by atoms with Crippen molar-refractivity contribution in [3.8, 4) is 0 Å². The maximum Gasteiger partial charge on any atom is 0.134 e. The molecule has 2 aromatic rings. The number of hydrogen-bond acceptors (Lipinski definition) is 6. The second kappa shape index (κ2) is 7.93. The van der Waals surface area contributed by atoms with Gasteiger partial charge in [0.2, 0.25) is 0 Å². The van der Waals surface area contributed by atoms with E-state index in [0.717, 1.165) is 54.7 Å². The van der Waals surface area contributed by atoms with Crippen LogP contribution >= 0.6 is 11.3 Å². The Morgan fingerprint density at radius 1 is 1.10 bits per heavy atom. The van der Waals surface area contributed by atoms with Gasteiger partial charge in [-0.2, -0.15) is 0 Å². The number of nitrogens with one attached hydrogen (secondary N) is 2. The minimum Gasteiger partial charge on any atom is -0.370 e.